The number of benzene rings is 1. The molecule has 150 valence electrons. The topological polar surface area (TPSA) is 74.3 Å². The lowest BCUT2D eigenvalue weighted by molar-refractivity contribution is 0.575. The molecule has 3 aromatic rings. The summed E-state index contributed by atoms with van der Waals surface area (Å²) in [5.74, 6) is 0. The van der Waals surface area contributed by atoms with Crippen molar-refractivity contribution in [3.8, 4) is 0 Å². The number of nitrogens with zero attached hydrogens (tertiary/aromatic N) is 2. The molecule has 3 heterocycles. The van der Waals surface area contributed by atoms with E-state index < -0.39 is 10.0 Å². The van der Waals surface area contributed by atoms with E-state index in [2.05, 4.69) is 41.9 Å². The van der Waals surface area contributed by atoms with Crippen molar-refractivity contribution in [2.24, 2.45) is 0 Å². The van der Waals surface area contributed by atoms with Crippen molar-refractivity contribution in [1.82, 2.24) is 10.3 Å². The van der Waals surface area contributed by atoms with Gasteiger partial charge in [0.2, 0.25) is 10.0 Å². The van der Waals surface area contributed by atoms with E-state index in [0.717, 1.165) is 26.3 Å². The van der Waals surface area contributed by atoms with E-state index >= 15 is 0 Å². The normalized spacial score (nSPS) is 19.2. The molecule has 0 aliphatic carbocycles. The first-order valence-electron chi connectivity index (χ1n) is 8.65. The number of halogens is 1. The third-order valence-corrected chi connectivity index (χ3v) is 7.05. The zero-order valence-corrected chi connectivity index (χ0v) is 19.3. The third kappa shape index (κ3) is 4.45. The molecule has 0 radical (unpaired) electrons. The maximum atomic E-state index is 11.5. The maximum Gasteiger partial charge on any atom is 0.229 e. The second-order valence-corrected chi connectivity index (χ2v) is 11.2. The Bertz CT molecular complexity index is 1130. The fraction of sp³-hybridized carbons (Fsp3) is 0.158. The van der Waals surface area contributed by atoms with Crippen molar-refractivity contribution in [2.75, 3.05) is 15.9 Å². The van der Waals surface area contributed by atoms with Gasteiger partial charge in [0, 0.05) is 22.4 Å². The van der Waals surface area contributed by atoms with Crippen LogP contribution in [-0.4, -0.2) is 24.8 Å². The van der Waals surface area contributed by atoms with E-state index in [1.807, 2.05) is 36.4 Å². The summed E-state index contributed by atoms with van der Waals surface area (Å²) in [5.41, 5.74) is 2.28. The molecule has 10 heteroatoms. The minimum absolute atomic E-state index is 0.0811. The minimum Gasteiger partial charge on any atom is -0.351 e. The van der Waals surface area contributed by atoms with Crippen LogP contribution in [0.4, 0.5) is 11.4 Å². The summed E-state index contributed by atoms with van der Waals surface area (Å²) in [6, 6.07) is 16.9. The lowest BCUT2D eigenvalue weighted by atomic mass is 10.0. The molecular formula is C19H17BrN4O2S3. The van der Waals surface area contributed by atoms with Gasteiger partial charge in [-0.05, 0) is 76.7 Å². The average Bonchev–Trinajstić information content (AvgIpc) is 3.25. The van der Waals surface area contributed by atoms with Crippen molar-refractivity contribution in [1.29, 1.82) is 0 Å². The first-order valence-corrected chi connectivity index (χ1v) is 12.6. The number of nitrogens with one attached hydrogen (secondary N) is 2. The van der Waals surface area contributed by atoms with Crippen molar-refractivity contribution in [2.45, 2.75) is 12.1 Å². The zero-order valence-electron chi connectivity index (χ0n) is 15.2. The van der Waals surface area contributed by atoms with Gasteiger partial charge in [-0.15, -0.1) is 11.3 Å². The van der Waals surface area contributed by atoms with Gasteiger partial charge >= 0.3 is 0 Å². The number of anilines is 2. The molecule has 1 aliphatic heterocycles. The predicted molar refractivity (Wildman–Crippen MR) is 125 cm³/mol. The van der Waals surface area contributed by atoms with Crippen LogP contribution in [0.25, 0.3) is 0 Å². The minimum atomic E-state index is -3.33. The van der Waals surface area contributed by atoms with Crippen LogP contribution in [0.3, 0.4) is 0 Å². The highest BCUT2D eigenvalue weighted by Crippen LogP contribution is 2.44. The number of pyridine rings is 1. The van der Waals surface area contributed by atoms with E-state index in [-0.39, 0.29) is 12.1 Å². The van der Waals surface area contributed by atoms with Crippen LogP contribution in [0.2, 0.25) is 0 Å². The van der Waals surface area contributed by atoms with Gasteiger partial charge in [-0.2, -0.15) is 0 Å². The Hall–Kier alpha value is -2.01. The largest absolute Gasteiger partial charge is 0.351 e. The van der Waals surface area contributed by atoms with Gasteiger partial charge < -0.3 is 10.2 Å². The molecule has 2 N–H and O–H groups in total. The number of aromatic nitrogens is 1. The molecule has 0 saturated carbocycles. The van der Waals surface area contributed by atoms with Gasteiger partial charge in [-0.1, -0.05) is 6.07 Å². The van der Waals surface area contributed by atoms with E-state index in [0.29, 0.717) is 10.8 Å². The van der Waals surface area contributed by atoms with Gasteiger partial charge in [-0.25, -0.2) is 8.42 Å². The molecule has 2 aromatic heterocycles. The second kappa shape index (κ2) is 8.02. The van der Waals surface area contributed by atoms with Gasteiger partial charge in [0.1, 0.15) is 0 Å². The molecule has 29 heavy (non-hydrogen) atoms. The number of hydrogen-bond donors (Lipinski definition) is 2. The lowest BCUT2D eigenvalue weighted by Crippen LogP contribution is -2.29. The third-order valence-electron chi connectivity index (χ3n) is 4.43. The Morgan fingerprint density at radius 1 is 1.17 bits per heavy atom. The van der Waals surface area contributed by atoms with E-state index in [9.17, 15) is 8.42 Å². The van der Waals surface area contributed by atoms with Crippen LogP contribution < -0.4 is 14.9 Å². The summed E-state index contributed by atoms with van der Waals surface area (Å²) in [6.07, 6.45) is 2.90. The number of thiocarbonyl (C=S) groups is 1. The number of hydrogen-bond acceptors (Lipinski definition) is 5. The van der Waals surface area contributed by atoms with Crippen LogP contribution in [0.5, 0.6) is 0 Å². The first kappa shape index (κ1) is 20.3. The average molecular weight is 509 g/mol. The van der Waals surface area contributed by atoms with Crippen LogP contribution in [0.15, 0.2) is 64.6 Å². The fourth-order valence-corrected chi connectivity index (χ4v) is 5.78. The smallest absolute Gasteiger partial charge is 0.229 e. The Balaban J connectivity index is 1.73. The van der Waals surface area contributed by atoms with E-state index in [1.54, 1.807) is 29.7 Å². The molecule has 6 nitrogen and oxygen atoms in total. The maximum absolute atomic E-state index is 11.5. The summed E-state index contributed by atoms with van der Waals surface area (Å²) >= 11 is 10.9. The fourth-order valence-electron chi connectivity index (χ4n) is 3.31. The molecule has 2 atom stereocenters. The van der Waals surface area contributed by atoms with Crippen LogP contribution in [-0.2, 0) is 10.0 Å². The number of rotatable bonds is 5. The Kier molecular flexibility index (Phi) is 5.60. The summed E-state index contributed by atoms with van der Waals surface area (Å²) in [7, 11) is -3.33. The molecule has 0 unspecified atom stereocenters. The van der Waals surface area contributed by atoms with Crippen molar-refractivity contribution < 1.29 is 8.42 Å². The number of sulfonamides is 1. The number of thiophene rings is 1. The molecule has 4 rings (SSSR count). The summed E-state index contributed by atoms with van der Waals surface area (Å²) < 4.78 is 26.5. The Labute approximate surface area is 187 Å². The van der Waals surface area contributed by atoms with Crippen LogP contribution in [0, 0.1) is 0 Å². The van der Waals surface area contributed by atoms with Crippen LogP contribution in [0.1, 0.15) is 22.7 Å². The Morgan fingerprint density at radius 3 is 2.52 bits per heavy atom. The first-order chi connectivity index (χ1) is 13.8. The van der Waals surface area contributed by atoms with E-state index in [4.69, 9.17) is 12.2 Å². The highest BCUT2D eigenvalue weighted by molar-refractivity contribution is 9.11. The van der Waals surface area contributed by atoms with Crippen molar-refractivity contribution in [3.63, 3.8) is 0 Å². The SMILES string of the molecule is CS(=O)(=O)Nc1ccc(N2C(=S)N[C@@H](c3ccccn3)[C@@H]2c2ccc(Br)s2)cc1. The predicted octanol–water partition coefficient (Wildman–Crippen LogP) is 4.45. The van der Waals surface area contributed by atoms with Crippen molar-refractivity contribution in [3.05, 3.63) is 75.2 Å². The zero-order chi connectivity index (χ0) is 20.6. The Morgan fingerprint density at radius 2 is 1.93 bits per heavy atom. The standard InChI is InChI=1S/C19H17BrN4O2S3/c1-29(25,26)23-12-5-7-13(8-6-12)24-18(15-9-10-16(20)28-15)17(22-19(24)27)14-4-2-3-11-21-14/h2-11,17-18,23H,1H3,(H,22,27)/t17-,18-/m0/s1. The molecule has 1 saturated heterocycles. The molecule has 0 spiro atoms. The van der Waals surface area contributed by atoms with Gasteiger partial charge in [-0.3, -0.25) is 9.71 Å². The lowest BCUT2D eigenvalue weighted by Gasteiger charge is -2.27. The van der Waals surface area contributed by atoms with E-state index in [1.165, 1.54) is 0 Å². The van der Waals surface area contributed by atoms with Gasteiger partial charge in [0.15, 0.2) is 5.11 Å². The highest BCUT2D eigenvalue weighted by atomic mass is 79.9. The molecule has 1 aromatic carbocycles. The molecule has 1 fully saturated rings. The quantitative estimate of drug-likeness (QED) is 0.495. The summed E-state index contributed by atoms with van der Waals surface area (Å²) in [6.45, 7) is 0. The van der Waals surface area contributed by atoms with Crippen LogP contribution >= 0.6 is 39.5 Å². The monoisotopic (exact) mass is 508 g/mol. The van der Waals surface area contributed by atoms with Gasteiger partial charge in [0.25, 0.3) is 0 Å². The summed E-state index contributed by atoms with van der Waals surface area (Å²) in [5, 5.41) is 4.00. The van der Waals surface area contributed by atoms with Gasteiger partial charge in [0.05, 0.1) is 27.8 Å². The second-order valence-electron chi connectivity index (χ2n) is 6.56. The molecule has 0 bridgehead atoms. The molecule has 1 aliphatic rings. The summed E-state index contributed by atoms with van der Waals surface area (Å²) in [4.78, 5) is 7.72. The molecule has 0 amide bonds. The van der Waals surface area contributed by atoms with Crippen molar-refractivity contribution >= 4 is 66.0 Å². The highest BCUT2D eigenvalue weighted by Gasteiger charge is 2.41. The molecular weight excluding hydrogens is 492 g/mol.